The molecule has 3 fully saturated rings. The van der Waals surface area contributed by atoms with Gasteiger partial charge in [-0.3, -0.25) is 4.79 Å². The first-order valence-corrected chi connectivity index (χ1v) is 40.2. The average Bonchev–Trinajstić information content (AvgIpc) is 0.783. The topological polar surface area (TPSA) is 307 Å². The third-order valence-corrected chi connectivity index (χ3v) is 19.7. The summed E-state index contributed by atoms with van der Waals surface area (Å²) in [5.74, 6) is -0.287. The number of aliphatic hydroxyl groups is 11. The van der Waals surface area contributed by atoms with Crippen molar-refractivity contribution in [3.8, 4) is 0 Å². The molecule has 582 valence electrons. The number of allylic oxidation sites excluding steroid dienone is 11. The Hall–Kier alpha value is -2.77. The summed E-state index contributed by atoms with van der Waals surface area (Å²) in [4.78, 5) is 13.5. The smallest absolute Gasteiger partial charge is 0.220 e. The lowest BCUT2D eigenvalue weighted by molar-refractivity contribution is -0.379. The molecule has 0 aromatic rings. The number of hydrogen-bond acceptors (Lipinski definition) is 18. The van der Waals surface area contributed by atoms with Gasteiger partial charge in [0.25, 0.3) is 0 Å². The van der Waals surface area contributed by atoms with E-state index in [1.54, 1.807) is 6.08 Å². The minimum absolute atomic E-state index is 0.233. The SMILES string of the molecule is CCCCCCC/C=C\C/C=C\C/C=C\CCCCCCCCCCCCCCCCCCCCCCCCC(=O)NC(COC1OC(CO)C(OC2OC(CO)C(OC3OC(CO)C(O)C(O)C3O)C(O)C2O)C(O)C1O)C(O)/C=C/CC/C=C/CC/C=C/CCCCCCCCCC. The molecule has 19 heteroatoms. The van der Waals surface area contributed by atoms with Crippen molar-refractivity contribution in [1.29, 1.82) is 0 Å². The summed E-state index contributed by atoms with van der Waals surface area (Å²) < 4.78 is 34.4. The molecule has 3 heterocycles. The van der Waals surface area contributed by atoms with E-state index in [-0.39, 0.29) is 18.9 Å². The lowest BCUT2D eigenvalue weighted by Crippen LogP contribution is -2.66. The van der Waals surface area contributed by atoms with Crippen LogP contribution in [0.25, 0.3) is 0 Å². The van der Waals surface area contributed by atoms with Crippen molar-refractivity contribution in [3.05, 3.63) is 72.9 Å². The molecular weight excluding hydrogens is 1270 g/mol. The Morgan fingerprint density at radius 2 is 0.670 bits per heavy atom. The van der Waals surface area contributed by atoms with E-state index in [4.69, 9.17) is 28.4 Å². The second-order valence-corrected chi connectivity index (χ2v) is 28.5. The average molecular weight is 1420 g/mol. The lowest BCUT2D eigenvalue weighted by atomic mass is 9.96. The van der Waals surface area contributed by atoms with E-state index < -0.39 is 124 Å². The van der Waals surface area contributed by atoms with Crippen molar-refractivity contribution in [1.82, 2.24) is 5.32 Å². The Labute approximate surface area is 604 Å². The molecule has 100 heavy (non-hydrogen) atoms. The van der Waals surface area contributed by atoms with Crippen LogP contribution in [0.3, 0.4) is 0 Å². The molecule has 0 radical (unpaired) electrons. The number of unbranched alkanes of at least 4 members (excludes halogenated alkanes) is 37. The van der Waals surface area contributed by atoms with Crippen molar-refractivity contribution in [3.63, 3.8) is 0 Å². The summed E-state index contributed by atoms with van der Waals surface area (Å²) in [5, 5.41) is 121. The van der Waals surface area contributed by atoms with Gasteiger partial charge in [-0.1, -0.05) is 286 Å². The highest BCUT2D eigenvalue weighted by Gasteiger charge is 2.54. The minimum Gasteiger partial charge on any atom is -0.394 e. The minimum atomic E-state index is -1.98. The van der Waals surface area contributed by atoms with E-state index in [1.165, 1.54) is 212 Å². The predicted octanol–water partition coefficient (Wildman–Crippen LogP) is 13.2. The van der Waals surface area contributed by atoms with Gasteiger partial charge in [-0.05, 0) is 83.5 Å². The molecule has 19 nitrogen and oxygen atoms in total. The highest BCUT2D eigenvalue weighted by atomic mass is 16.8. The van der Waals surface area contributed by atoms with Crippen LogP contribution in [-0.4, -0.2) is 193 Å². The van der Waals surface area contributed by atoms with E-state index in [9.17, 15) is 61.0 Å². The summed E-state index contributed by atoms with van der Waals surface area (Å²) >= 11 is 0. The first-order valence-electron chi connectivity index (χ1n) is 40.2. The Kier molecular flexibility index (Phi) is 56.1. The van der Waals surface area contributed by atoms with Gasteiger partial charge in [0.2, 0.25) is 5.91 Å². The molecule has 0 aromatic heterocycles. The quantitative estimate of drug-likeness (QED) is 0.0199. The highest BCUT2D eigenvalue weighted by Crippen LogP contribution is 2.33. The molecule has 17 atom stereocenters. The van der Waals surface area contributed by atoms with Gasteiger partial charge >= 0.3 is 0 Å². The number of nitrogens with one attached hydrogen (secondary N) is 1. The third kappa shape index (κ3) is 41.2. The van der Waals surface area contributed by atoms with Crippen molar-refractivity contribution in [2.75, 3.05) is 26.4 Å². The van der Waals surface area contributed by atoms with Crippen molar-refractivity contribution in [2.45, 2.75) is 407 Å². The Morgan fingerprint density at radius 3 is 1.07 bits per heavy atom. The monoisotopic (exact) mass is 1420 g/mol. The number of amides is 1. The van der Waals surface area contributed by atoms with E-state index in [1.807, 2.05) is 6.08 Å². The van der Waals surface area contributed by atoms with Gasteiger partial charge in [0.1, 0.15) is 73.2 Å². The number of hydrogen-bond donors (Lipinski definition) is 12. The Morgan fingerprint density at radius 1 is 0.360 bits per heavy atom. The maximum atomic E-state index is 13.5. The van der Waals surface area contributed by atoms with Crippen LogP contribution < -0.4 is 5.32 Å². The predicted molar refractivity (Wildman–Crippen MR) is 397 cm³/mol. The van der Waals surface area contributed by atoms with Gasteiger partial charge in [-0.2, -0.15) is 0 Å². The van der Waals surface area contributed by atoms with Gasteiger partial charge in [0.15, 0.2) is 18.9 Å². The third-order valence-electron chi connectivity index (χ3n) is 19.7. The van der Waals surface area contributed by atoms with Crippen LogP contribution in [0.5, 0.6) is 0 Å². The van der Waals surface area contributed by atoms with Gasteiger partial charge < -0.3 is 89.9 Å². The molecule has 0 spiro atoms. The maximum Gasteiger partial charge on any atom is 0.220 e. The first-order chi connectivity index (χ1) is 48.8. The number of rotatable bonds is 63. The molecule has 17 unspecified atom stereocenters. The van der Waals surface area contributed by atoms with Gasteiger partial charge in [0, 0.05) is 6.42 Å². The fourth-order valence-electron chi connectivity index (χ4n) is 13.2. The molecule has 3 aliphatic heterocycles. The zero-order chi connectivity index (χ0) is 72.5. The van der Waals surface area contributed by atoms with Crippen LogP contribution in [0.4, 0.5) is 0 Å². The largest absolute Gasteiger partial charge is 0.394 e. The summed E-state index contributed by atoms with van der Waals surface area (Å²) in [6, 6.07) is -0.998. The van der Waals surface area contributed by atoms with E-state index in [0.717, 1.165) is 57.8 Å². The molecule has 12 N–H and O–H groups in total. The summed E-state index contributed by atoms with van der Waals surface area (Å²) in [7, 11) is 0. The normalized spacial score (nSPS) is 26.8. The van der Waals surface area contributed by atoms with Crippen molar-refractivity contribution < 1.29 is 89.4 Å². The van der Waals surface area contributed by atoms with Crippen LogP contribution >= 0.6 is 0 Å². The van der Waals surface area contributed by atoms with E-state index >= 15 is 0 Å². The zero-order valence-corrected chi connectivity index (χ0v) is 62.2. The standard InChI is InChI=1S/C81H145NO18/c1-3-5-7-9-11-13-15-17-19-21-23-24-25-26-27-28-29-30-31-32-33-34-35-36-37-38-39-40-41-43-45-47-49-51-53-55-57-59-69(87)82-64(65(86)58-56-54-52-50-48-46-44-42-22-20-18-16-14-12-10-8-6-4-2)63-95-79-75(93)72(90)77(67(61-84)97-79)100-81-76(94)73(91)78(68(62-85)98-81)99-80-74(92)71(89)70(88)66(60-83)96-80/h15,17,21-23,25-26,42,48,50,56,58,64-68,70-81,83-86,88-94H,3-14,16,18-20,24,27-41,43-47,49,51-55,57,59-63H2,1-2H3,(H,82,87)/b17-15-,23-21-,26-25-,42-22+,50-48+,58-56+. The molecule has 0 aliphatic carbocycles. The summed E-state index contributed by atoms with van der Waals surface area (Å²) in [6.45, 7) is 1.71. The van der Waals surface area contributed by atoms with Crippen molar-refractivity contribution >= 4 is 5.91 Å². The van der Waals surface area contributed by atoms with Gasteiger partial charge in [0.05, 0.1) is 38.6 Å². The Bertz CT molecular complexity index is 2090. The fraction of sp³-hybridized carbons (Fsp3) is 0.840. The molecule has 0 saturated carbocycles. The fourth-order valence-corrected chi connectivity index (χ4v) is 13.2. The second-order valence-electron chi connectivity index (χ2n) is 28.5. The molecule has 3 aliphatic rings. The van der Waals surface area contributed by atoms with Crippen molar-refractivity contribution in [2.24, 2.45) is 0 Å². The molecule has 0 bridgehead atoms. The molecule has 3 rings (SSSR count). The molecule has 0 aromatic carbocycles. The molecular formula is C81H145NO18. The maximum absolute atomic E-state index is 13.5. The highest BCUT2D eigenvalue weighted by molar-refractivity contribution is 5.76. The Balaban J connectivity index is 1.33. The first kappa shape index (κ1) is 91.4. The number of carbonyl (C=O) groups excluding carboxylic acids is 1. The van der Waals surface area contributed by atoms with E-state index in [2.05, 4.69) is 79.9 Å². The number of carbonyl (C=O) groups is 1. The second kappa shape index (κ2) is 61.4. The molecule has 3 saturated heterocycles. The van der Waals surface area contributed by atoms with Crippen LogP contribution in [0.2, 0.25) is 0 Å². The van der Waals surface area contributed by atoms with Crippen LogP contribution in [-0.2, 0) is 33.2 Å². The summed E-state index contributed by atoms with van der Waals surface area (Å²) in [6.07, 6.45) is 53.3. The van der Waals surface area contributed by atoms with Crippen LogP contribution in [0, 0.1) is 0 Å². The summed E-state index contributed by atoms with van der Waals surface area (Å²) in [5.41, 5.74) is 0. The van der Waals surface area contributed by atoms with Crippen LogP contribution in [0.15, 0.2) is 72.9 Å². The lowest BCUT2D eigenvalue weighted by Gasteiger charge is -2.48. The van der Waals surface area contributed by atoms with Gasteiger partial charge in [-0.15, -0.1) is 0 Å². The number of aliphatic hydroxyl groups excluding tert-OH is 11. The zero-order valence-electron chi connectivity index (χ0n) is 62.2. The van der Waals surface area contributed by atoms with Crippen LogP contribution in [0.1, 0.15) is 303 Å². The van der Waals surface area contributed by atoms with E-state index in [0.29, 0.717) is 12.8 Å². The number of ether oxygens (including phenoxy) is 6. The molecule has 1 amide bonds. The van der Waals surface area contributed by atoms with Gasteiger partial charge in [-0.25, -0.2) is 0 Å².